The van der Waals surface area contributed by atoms with Crippen LogP contribution in [0.1, 0.15) is 22.6 Å². The van der Waals surface area contributed by atoms with E-state index in [1.807, 2.05) is 6.07 Å². The lowest BCUT2D eigenvalue weighted by Crippen LogP contribution is -1.96. The van der Waals surface area contributed by atoms with Gasteiger partial charge in [0.2, 0.25) is 0 Å². The van der Waals surface area contributed by atoms with Crippen LogP contribution < -0.4 is 0 Å². The summed E-state index contributed by atoms with van der Waals surface area (Å²) in [6.07, 6.45) is 6.64. The Labute approximate surface area is 142 Å². The molecule has 0 fully saturated rings. The van der Waals surface area contributed by atoms with Gasteiger partial charge in [0.25, 0.3) is 0 Å². The van der Waals surface area contributed by atoms with Crippen LogP contribution >= 0.6 is 0 Å². The van der Waals surface area contributed by atoms with Gasteiger partial charge in [-0.3, -0.25) is 0 Å². The molecule has 0 spiro atoms. The van der Waals surface area contributed by atoms with Gasteiger partial charge in [-0.1, -0.05) is 91.0 Å². The van der Waals surface area contributed by atoms with Gasteiger partial charge in [0.1, 0.15) is 0 Å². The average Bonchev–Trinajstić information content (AvgIpc) is 3.08. The Morgan fingerprint density at radius 2 is 1.38 bits per heavy atom. The molecular weight excluding hydrogens is 290 g/mol. The lowest BCUT2D eigenvalue weighted by molar-refractivity contribution is 1.04. The highest BCUT2D eigenvalue weighted by molar-refractivity contribution is 5.84. The molecule has 4 aromatic rings. The highest BCUT2D eigenvalue weighted by Gasteiger charge is 2.15. The molecule has 0 amide bonds. The van der Waals surface area contributed by atoms with Crippen LogP contribution in [-0.2, 0) is 0 Å². The van der Waals surface area contributed by atoms with Crippen LogP contribution in [0.4, 0.5) is 0 Å². The van der Waals surface area contributed by atoms with Gasteiger partial charge < -0.3 is 4.98 Å². The average molecular weight is 309 g/mol. The van der Waals surface area contributed by atoms with E-state index in [1.165, 1.54) is 27.6 Å². The fourth-order valence-corrected chi connectivity index (χ4v) is 3.18. The Bertz CT molecular complexity index is 949. The maximum absolute atomic E-state index is 3.40. The van der Waals surface area contributed by atoms with E-state index in [0.717, 1.165) is 0 Å². The van der Waals surface area contributed by atoms with E-state index in [1.54, 1.807) is 0 Å². The first-order valence-electron chi connectivity index (χ1n) is 8.26. The lowest BCUT2D eigenvalue weighted by Gasteiger charge is -2.13. The van der Waals surface area contributed by atoms with Crippen molar-refractivity contribution in [3.05, 3.63) is 114 Å². The van der Waals surface area contributed by atoms with Gasteiger partial charge in [-0.25, -0.2) is 0 Å². The number of aromatic amines is 1. The molecule has 1 atom stereocenters. The van der Waals surface area contributed by atoms with E-state index in [4.69, 9.17) is 0 Å². The van der Waals surface area contributed by atoms with Crippen molar-refractivity contribution < 1.29 is 0 Å². The zero-order valence-electron chi connectivity index (χ0n) is 13.4. The van der Waals surface area contributed by atoms with Crippen LogP contribution in [0.5, 0.6) is 0 Å². The van der Waals surface area contributed by atoms with Gasteiger partial charge in [-0.15, -0.1) is 0 Å². The summed E-state index contributed by atoms with van der Waals surface area (Å²) >= 11 is 0. The van der Waals surface area contributed by atoms with Gasteiger partial charge in [-0.2, -0.15) is 0 Å². The standard InChI is InChI=1S/C23H19N/c1-3-9-18(10-4-1)15-16-20(19-11-5-2-6-12-19)22-17-24-23-14-8-7-13-21(22)23/h1-17,20,24H/b16-15+/t20-/m1/s1. The molecule has 0 unspecified atom stereocenters. The first-order valence-corrected chi connectivity index (χ1v) is 8.26. The molecule has 0 radical (unpaired) electrons. The zero-order valence-corrected chi connectivity index (χ0v) is 13.4. The Morgan fingerprint density at radius 1 is 0.708 bits per heavy atom. The number of hydrogen-bond donors (Lipinski definition) is 1. The van der Waals surface area contributed by atoms with Crippen molar-refractivity contribution in [1.29, 1.82) is 0 Å². The second-order valence-corrected chi connectivity index (χ2v) is 5.95. The molecule has 1 heteroatoms. The minimum absolute atomic E-state index is 0.225. The van der Waals surface area contributed by atoms with Crippen molar-refractivity contribution in [1.82, 2.24) is 4.98 Å². The predicted octanol–water partition coefficient (Wildman–Crippen LogP) is 6.01. The summed E-state index contributed by atoms with van der Waals surface area (Å²) in [4.78, 5) is 3.40. The highest BCUT2D eigenvalue weighted by atomic mass is 14.7. The van der Waals surface area contributed by atoms with Crippen LogP contribution in [0.3, 0.4) is 0 Å². The number of H-pyrrole nitrogens is 1. The summed E-state index contributed by atoms with van der Waals surface area (Å²) in [5.41, 5.74) is 5.01. The summed E-state index contributed by atoms with van der Waals surface area (Å²) in [6.45, 7) is 0. The topological polar surface area (TPSA) is 15.8 Å². The number of allylic oxidation sites excluding steroid dienone is 1. The Kier molecular flexibility index (Phi) is 3.99. The van der Waals surface area contributed by atoms with Crippen molar-refractivity contribution in [2.45, 2.75) is 5.92 Å². The SMILES string of the molecule is C(=C\[C@H](c1ccccc1)c1c[nH]c2ccccc12)/c1ccccc1. The van der Waals surface area contributed by atoms with E-state index in [9.17, 15) is 0 Å². The Morgan fingerprint density at radius 3 is 2.17 bits per heavy atom. The van der Waals surface area contributed by atoms with Gasteiger partial charge in [0.15, 0.2) is 0 Å². The third-order valence-corrected chi connectivity index (χ3v) is 4.40. The maximum atomic E-state index is 3.40. The monoisotopic (exact) mass is 309 g/mol. The normalized spacial score (nSPS) is 12.7. The molecule has 24 heavy (non-hydrogen) atoms. The molecule has 1 N–H and O–H groups in total. The van der Waals surface area contributed by atoms with E-state index in [2.05, 4.69) is 102 Å². The van der Waals surface area contributed by atoms with Gasteiger partial charge >= 0.3 is 0 Å². The van der Waals surface area contributed by atoms with Gasteiger partial charge in [0, 0.05) is 23.0 Å². The summed E-state index contributed by atoms with van der Waals surface area (Å²) in [7, 11) is 0. The van der Waals surface area contributed by atoms with E-state index >= 15 is 0 Å². The molecule has 1 aromatic heterocycles. The Balaban J connectivity index is 1.80. The van der Waals surface area contributed by atoms with Gasteiger partial charge in [-0.05, 0) is 22.8 Å². The lowest BCUT2D eigenvalue weighted by atomic mass is 9.90. The molecule has 0 saturated carbocycles. The van der Waals surface area contributed by atoms with E-state index < -0.39 is 0 Å². The fourth-order valence-electron chi connectivity index (χ4n) is 3.18. The van der Waals surface area contributed by atoms with E-state index in [0.29, 0.717) is 0 Å². The fraction of sp³-hybridized carbons (Fsp3) is 0.0435. The molecular formula is C23H19N. The first-order chi connectivity index (χ1) is 11.9. The number of aromatic nitrogens is 1. The molecule has 0 aliphatic carbocycles. The van der Waals surface area contributed by atoms with Crippen LogP contribution in [0.15, 0.2) is 97.2 Å². The molecule has 1 nitrogen and oxygen atoms in total. The molecule has 0 bridgehead atoms. The van der Waals surface area contributed by atoms with Crippen molar-refractivity contribution in [3.8, 4) is 0 Å². The van der Waals surface area contributed by atoms with Crippen molar-refractivity contribution in [2.24, 2.45) is 0 Å². The second-order valence-electron chi connectivity index (χ2n) is 5.95. The van der Waals surface area contributed by atoms with Crippen molar-refractivity contribution in [3.63, 3.8) is 0 Å². The minimum atomic E-state index is 0.225. The smallest absolute Gasteiger partial charge is 0.0457 e. The predicted molar refractivity (Wildman–Crippen MR) is 102 cm³/mol. The van der Waals surface area contributed by atoms with Crippen LogP contribution in [-0.4, -0.2) is 4.98 Å². The second kappa shape index (κ2) is 6.59. The molecule has 1 heterocycles. The third-order valence-electron chi connectivity index (χ3n) is 4.40. The number of para-hydroxylation sites is 1. The number of nitrogens with one attached hydrogen (secondary N) is 1. The van der Waals surface area contributed by atoms with E-state index in [-0.39, 0.29) is 5.92 Å². The molecule has 116 valence electrons. The largest absolute Gasteiger partial charge is 0.361 e. The summed E-state index contributed by atoms with van der Waals surface area (Å²) in [5.74, 6) is 0.225. The molecule has 4 rings (SSSR count). The third kappa shape index (κ3) is 2.89. The summed E-state index contributed by atoms with van der Waals surface area (Å²) in [5, 5.41) is 1.28. The summed E-state index contributed by atoms with van der Waals surface area (Å²) < 4.78 is 0. The van der Waals surface area contributed by atoms with Crippen molar-refractivity contribution in [2.75, 3.05) is 0 Å². The van der Waals surface area contributed by atoms with Crippen LogP contribution in [0.25, 0.3) is 17.0 Å². The van der Waals surface area contributed by atoms with Crippen LogP contribution in [0.2, 0.25) is 0 Å². The molecule has 0 aliphatic rings. The zero-order chi connectivity index (χ0) is 16.2. The molecule has 0 aliphatic heterocycles. The number of rotatable bonds is 4. The first kappa shape index (κ1) is 14.5. The Hall–Kier alpha value is -3.06. The minimum Gasteiger partial charge on any atom is -0.361 e. The quantitative estimate of drug-likeness (QED) is 0.475. The summed E-state index contributed by atoms with van der Waals surface area (Å²) in [6, 6.07) is 29.6. The number of hydrogen-bond acceptors (Lipinski definition) is 0. The van der Waals surface area contributed by atoms with Gasteiger partial charge in [0.05, 0.1) is 0 Å². The molecule has 0 saturated heterocycles. The van der Waals surface area contributed by atoms with Crippen LogP contribution in [0, 0.1) is 0 Å². The number of fused-ring (bicyclic) bond motifs is 1. The molecule has 3 aromatic carbocycles. The maximum Gasteiger partial charge on any atom is 0.0457 e. The highest BCUT2D eigenvalue weighted by Crippen LogP contribution is 2.32. The van der Waals surface area contributed by atoms with Crippen molar-refractivity contribution >= 4 is 17.0 Å². The number of benzene rings is 3.